The number of aliphatic carboxylic acids is 1. The average molecular weight is 282 g/mol. The van der Waals surface area contributed by atoms with Crippen LogP contribution in [0.3, 0.4) is 0 Å². The number of rotatable bonds is 5. The van der Waals surface area contributed by atoms with Crippen LogP contribution in [0.1, 0.15) is 12.8 Å². The van der Waals surface area contributed by atoms with E-state index in [4.69, 9.17) is 9.84 Å². The van der Waals surface area contributed by atoms with Gasteiger partial charge in [0.2, 0.25) is 0 Å². The van der Waals surface area contributed by atoms with E-state index in [0.29, 0.717) is 24.8 Å². The van der Waals surface area contributed by atoms with Gasteiger partial charge in [-0.2, -0.15) is 5.10 Å². The van der Waals surface area contributed by atoms with Crippen molar-refractivity contribution in [3.05, 3.63) is 12.4 Å². The zero-order valence-electron chi connectivity index (χ0n) is 11.0. The van der Waals surface area contributed by atoms with E-state index in [9.17, 15) is 9.59 Å². The number of nitrogens with one attached hydrogen (secondary N) is 2. The largest absolute Gasteiger partial charge is 0.480 e. The number of hydrogen-bond acceptors (Lipinski definition) is 4. The fourth-order valence-corrected chi connectivity index (χ4v) is 2.03. The molecule has 1 aromatic rings. The predicted octanol–water partition coefficient (Wildman–Crippen LogP) is 0.516. The maximum Gasteiger partial charge on any atom is 0.325 e. The number of amides is 2. The Morgan fingerprint density at radius 2 is 2.40 bits per heavy atom. The van der Waals surface area contributed by atoms with Crippen molar-refractivity contribution in [3.63, 3.8) is 0 Å². The van der Waals surface area contributed by atoms with Crippen LogP contribution in [0.25, 0.3) is 0 Å². The molecule has 2 heterocycles. The molecule has 1 saturated heterocycles. The summed E-state index contributed by atoms with van der Waals surface area (Å²) < 4.78 is 6.58. The maximum atomic E-state index is 11.7. The van der Waals surface area contributed by atoms with E-state index in [0.717, 1.165) is 19.4 Å². The quantitative estimate of drug-likeness (QED) is 0.730. The molecule has 1 aliphatic rings. The summed E-state index contributed by atoms with van der Waals surface area (Å²) >= 11 is 0. The van der Waals surface area contributed by atoms with E-state index in [2.05, 4.69) is 15.7 Å². The molecule has 8 heteroatoms. The van der Waals surface area contributed by atoms with Crippen molar-refractivity contribution in [2.45, 2.75) is 19.4 Å². The van der Waals surface area contributed by atoms with Gasteiger partial charge in [-0.25, -0.2) is 4.79 Å². The molecule has 1 fully saturated rings. The number of aromatic nitrogens is 2. The molecule has 1 aromatic heterocycles. The van der Waals surface area contributed by atoms with Crippen molar-refractivity contribution < 1.29 is 19.4 Å². The average Bonchev–Trinajstić information content (AvgIpc) is 2.84. The van der Waals surface area contributed by atoms with Gasteiger partial charge in [0.15, 0.2) is 0 Å². The molecule has 2 amide bonds. The Hall–Kier alpha value is -2.09. The highest BCUT2D eigenvalue weighted by Gasteiger charge is 2.15. The van der Waals surface area contributed by atoms with Crippen molar-refractivity contribution in [3.8, 4) is 0 Å². The molecule has 1 atom stereocenters. The van der Waals surface area contributed by atoms with E-state index in [1.165, 1.54) is 17.1 Å². The molecule has 0 spiro atoms. The Kier molecular flexibility index (Phi) is 4.94. The van der Waals surface area contributed by atoms with Crippen molar-refractivity contribution >= 4 is 17.7 Å². The maximum absolute atomic E-state index is 11.7. The van der Waals surface area contributed by atoms with Crippen molar-refractivity contribution in [2.24, 2.45) is 5.92 Å². The molecule has 1 aliphatic heterocycles. The Balaban J connectivity index is 1.73. The second kappa shape index (κ2) is 6.90. The fraction of sp³-hybridized carbons (Fsp3) is 0.583. The van der Waals surface area contributed by atoms with Crippen molar-refractivity contribution in [1.29, 1.82) is 0 Å². The summed E-state index contributed by atoms with van der Waals surface area (Å²) in [6, 6.07) is -0.328. The van der Waals surface area contributed by atoms with E-state index < -0.39 is 5.97 Å². The van der Waals surface area contributed by atoms with E-state index in [1.807, 2.05) is 0 Å². The number of ether oxygens (including phenoxy) is 1. The zero-order valence-corrected chi connectivity index (χ0v) is 11.0. The number of carboxylic acids is 1. The summed E-state index contributed by atoms with van der Waals surface area (Å²) in [5.74, 6) is -0.634. The molecule has 0 bridgehead atoms. The molecule has 20 heavy (non-hydrogen) atoms. The molecule has 2 rings (SSSR count). The Morgan fingerprint density at radius 3 is 3.10 bits per heavy atom. The lowest BCUT2D eigenvalue weighted by molar-refractivity contribution is -0.137. The summed E-state index contributed by atoms with van der Waals surface area (Å²) in [4.78, 5) is 22.2. The number of urea groups is 1. The van der Waals surface area contributed by atoms with Gasteiger partial charge in [-0.3, -0.25) is 9.48 Å². The highest BCUT2D eigenvalue weighted by atomic mass is 16.5. The van der Waals surface area contributed by atoms with Crippen molar-refractivity contribution in [1.82, 2.24) is 15.1 Å². The summed E-state index contributed by atoms with van der Waals surface area (Å²) in [5, 5.41) is 17.8. The third-order valence-corrected chi connectivity index (χ3v) is 2.99. The van der Waals surface area contributed by atoms with Gasteiger partial charge in [0.05, 0.1) is 18.5 Å². The van der Waals surface area contributed by atoms with Crippen LogP contribution >= 0.6 is 0 Å². The summed E-state index contributed by atoms with van der Waals surface area (Å²) in [5.41, 5.74) is 0.462. The molecule has 0 aliphatic carbocycles. The SMILES string of the molecule is O=C(O)Cn1cc(NC(=O)NCC2CCCOC2)cn1. The highest BCUT2D eigenvalue weighted by molar-refractivity contribution is 5.88. The molecular weight excluding hydrogens is 264 g/mol. The first kappa shape index (κ1) is 14.3. The Bertz CT molecular complexity index is 468. The van der Waals surface area contributed by atoms with Crippen LogP contribution < -0.4 is 10.6 Å². The Morgan fingerprint density at radius 1 is 1.55 bits per heavy atom. The first-order chi connectivity index (χ1) is 9.63. The molecule has 0 saturated carbocycles. The van der Waals surface area contributed by atoms with Crippen LogP contribution in [0.4, 0.5) is 10.5 Å². The number of carbonyl (C=O) groups is 2. The third kappa shape index (κ3) is 4.54. The van der Waals surface area contributed by atoms with Gasteiger partial charge in [0.25, 0.3) is 0 Å². The van der Waals surface area contributed by atoms with Gasteiger partial charge >= 0.3 is 12.0 Å². The van der Waals surface area contributed by atoms with Crippen LogP contribution in [0, 0.1) is 5.92 Å². The minimum Gasteiger partial charge on any atom is -0.480 e. The first-order valence-corrected chi connectivity index (χ1v) is 6.50. The van der Waals surface area contributed by atoms with Crippen LogP contribution in [-0.4, -0.2) is 46.6 Å². The molecule has 1 unspecified atom stereocenters. The van der Waals surface area contributed by atoms with Gasteiger partial charge in [-0.15, -0.1) is 0 Å². The van der Waals surface area contributed by atoms with Gasteiger partial charge in [0, 0.05) is 19.3 Å². The molecular formula is C12H18N4O4. The van der Waals surface area contributed by atoms with Crippen LogP contribution in [0.5, 0.6) is 0 Å². The second-order valence-electron chi connectivity index (χ2n) is 4.74. The molecule has 3 N–H and O–H groups in total. The molecule has 0 radical (unpaired) electrons. The van der Waals surface area contributed by atoms with E-state index in [1.54, 1.807) is 0 Å². The van der Waals surface area contributed by atoms with Gasteiger partial charge in [0.1, 0.15) is 6.54 Å². The van der Waals surface area contributed by atoms with E-state index >= 15 is 0 Å². The number of carbonyl (C=O) groups excluding carboxylic acids is 1. The Labute approximate surface area is 116 Å². The lowest BCUT2D eigenvalue weighted by Gasteiger charge is -2.22. The standard InChI is InChI=1S/C12H18N4O4/c17-11(18)7-16-6-10(5-14-16)15-12(19)13-4-9-2-1-3-20-8-9/h5-6,9H,1-4,7-8H2,(H,17,18)(H2,13,15,19). The lowest BCUT2D eigenvalue weighted by Crippen LogP contribution is -2.35. The lowest BCUT2D eigenvalue weighted by atomic mass is 10.0. The smallest absolute Gasteiger partial charge is 0.325 e. The first-order valence-electron chi connectivity index (χ1n) is 6.50. The number of nitrogens with zero attached hydrogens (tertiary/aromatic N) is 2. The summed E-state index contributed by atoms with van der Waals surface area (Å²) in [7, 11) is 0. The molecule has 8 nitrogen and oxygen atoms in total. The number of carboxylic acid groups (broad SMARTS) is 1. The van der Waals surface area contributed by atoms with Gasteiger partial charge < -0.3 is 20.5 Å². The number of hydrogen-bond donors (Lipinski definition) is 3. The predicted molar refractivity (Wildman–Crippen MR) is 70.4 cm³/mol. The second-order valence-corrected chi connectivity index (χ2v) is 4.74. The minimum atomic E-state index is -0.985. The van der Waals surface area contributed by atoms with Crippen molar-refractivity contribution in [2.75, 3.05) is 25.1 Å². The number of anilines is 1. The summed E-state index contributed by atoms with van der Waals surface area (Å²) in [6.07, 6.45) is 4.95. The molecule has 110 valence electrons. The van der Waals surface area contributed by atoms with Crippen LogP contribution in [0.2, 0.25) is 0 Å². The normalized spacial score (nSPS) is 18.5. The van der Waals surface area contributed by atoms with Crippen LogP contribution in [0.15, 0.2) is 12.4 Å². The zero-order chi connectivity index (χ0) is 14.4. The highest BCUT2D eigenvalue weighted by Crippen LogP contribution is 2.12. The fourth-order valence-electron chi connectivity index (χ4n) is 2.03. The molecule has 0 aromatic carbocycles. The van der Waals surface area contributed by atoms with Crippen LogP contribution in [-0.2, 0) is 16.1 Å². The third-order valence-electron chi connectivity index (χ3n) is 2.99. The van der Waals surface area contributed by atoms with E-state index in [-0.39, 0.29) is 12.6 Å². The summed E-state index contributed by atoms with van der Waals surface area (Å²) in [6.45, 7) is 1.81. The topological polar surface area (TPSA) is 105 Å². The monoisotopic (exact) mass is 282 g/mol. The van der Waals surface area contributed by atoms with Gasteiger partial charge in [-0.05, 0) is 18.8 Å². The minimum absolute atomic E-state index is 0.233. The van der Waals surface area contributed by atoms with Gasteiger partial charge in [-0.1, -0.05) is 0 Å².